The number of ether oxygens (including phenoxy) is 1. The summed E-state index contributed by atoms with van der Waals surface area (Å²) in [5, 5.41) is 16.0. The molecule has 0 atom stereocenters. The number of carbonyl (C=O) groups excluding carboxylic acids is 1. The van der Waals surface area contributed by atoms with Crippen molar-refractivity contribution in [2.75, 3.05) is 13.2 Å². The third kappa shape index (κ3) is 13.0. The Balaban J connectivity index is 0. The van der Waals surface area contributed by atoms with E-state index < -0.39 is 5.97 Å². The number of rotatable bonds is 3. The van der Waals surface area contributed by atoms with Crippen molar-refractivity contribution in [2.45, 2.75) is 13.8 Å². The SMILES string of the molecule is C=C(C)C#N.C=C(C)C(=O)OCCO. The number of aliphatic hydroxyl groups excluding tert-OH is 1. The topological polar surface area (TPSA) is 70.3 Å². The summed E-state index contributed by atoms with van der Waals surface area (Å²) in [4.78, 5) is 10.5. The number of nitriles is 1. The Bertz CT molecular complexity index is 251. The van der Waals surface area contributed by atoms with E-state index in [0.717, 1.165) is 0 Å². The average molecular weight is 197 g/mol. The monoisotopic (exact) mass is 197 g/mol. The van der Waals surface area contributed by atoms with E-state index in [1.807, 2.05) is 6.07 Å². The first kappa shape index (κ1) is 14.9. The van der Waals surface area contributed by atoms with Crippen molar-refractivity contribution in [3.05, 3.63) is 24.3 Å². The smallest absolute Gasteiger partial charge is 0.333 e. The van der Waals surface area contributed by atoms with Gasteiger partial charge in [0.1, 0.15) is 6.61 Å². The molecule has 0 saturated carbocycles. The fourth-order valence-corrected chi connectivity index (χ4v) is 0.262. The van der Waals surface area contributed by atoms with Gasteiger partial charge in [0.25, 0.3) is 0 Å². The molecular weight excluding hydrogens is 182 g/mol. The molecule has 0 spiro atoms. The molecule has 4 nitrogen and oxygen atoms in total. The molecule has 78 valence electrons. The maximum absolute atomic E-state index is 10.5. The van der Waals surface area contributed by atoms with Crippen LogP contribution in [0.5, 0.6) is 0 Å². The van der Waals surface area contributed by atoms with Crippen LogP contribution in [-0.4, -0.2) is 24.3 Å². The molecule has 0 saturated heterocycles. The Morgan fingerprint density at radius 2 is 1.93 bits per heavy atom. The number of hydrogen-bond acceptors (Lipinski definition) is 4. The van der Waals surface area contributed by atoms with Gasteiger partial charge in [0.15, 0.2) is 0 Å². The Morgan fingerprint density at radius 1 is 1.50 bits per heavy atom. The Kier molecular flexibility index (Phi) is 10.1. The molecule has 0 aliphatic carbocycles. The highest BCUT2D eigenvalue weighted by Crippen LogP contribution is 1.89. The van der Waals surface area contributed by atoms with Crippen LogP contribution in [0.4, 0.5) is 0 Å². The van der Waals surface area contributed by atoms with Gasteiger partial charge in [-0.05, 0) is 13.8 Å². The minimum Gasteiger partial charge on any atom is -0.460 e. The Hall–Kier alpha value is -1.60. The van der Waals surface area contributed by atoms with Crippen LogP contribution in [-0.2, 0) is 9.53 Å². The molecule has 0 heterocycles. The molecule has 0 aliphatic heterocycles. The molecule has 14 heavy (non-hydrogen) atoms. The van der Waals surface area contributed by atoms with Crippen molar-refractivity contribution in [3.63, 3.8) is 0 Å². The normalized spacial score (nSPS) is 7.57. The van der Waals surface area contributed by atoms with Crippen LogP contribution >= 0.6 is 0 Å². The molecule has 0 aromatic rings. The summed E-state index contributed by atoms with van der Waals surface area (Å²) in [7, 11) is 0. The van der Waals surface area contributed by atoms with E-state index in [0.29, 0.717) is 11.1 Å². The summed E-state index contributed by atoms with van der Waals surface area (Å²) in [5.41, 5.74) is 0.911. The zero-order chi connectivity index (χ0) is 11.6. The van der Waals surface area contributed by atoms with Crippen molar-refractivity contribution in [2.24, 2.45) is 0 Å². The van der Waals surface area contributed by atoms with Gasteiger partial charge in [-0.1, -0.05) is 13.2 Å². The van der Waals surface area contributed by atoms with E-state index in [9.17, 15) is 4.79 Å². The first-order valence-corrected chi connectivity index (χ1v) is 3.94. The Labute approximate surface area is 84.1 Å². The molecule has 0 bridgehead atoms. The van der Waals surface area contributed by atoms with E-state index in [4.69, 9.17) is 10.4 Å². The summed E-state index contributed by atoms with van der Waals surface area (Å²) in [6, 6.07) is 1.83. The third-order valence-electron chi connectivity index (χ3n) is 0.864. The van der Waals surface area contributed by atoms with Gasteiger partial charge in [0.05, 0.1) is 12.7 Å². The lowest BCUT2D eigenvalue weighted by Gasteiger charge is -1.99. The molecule has 0 aliphatic rings. The highest BCUT2D eigenvalue weighted by atomic mass is 16.5. The summed E-state index contributed by atoms with van der Waals surface area (Å²) in [6.45, 7) is 9.79. The predicted octanol–water partition coefficient (Wildman–Crippen LogP) is 1.18. The van der Waals surface area contributed by atoms with Crippen LogP contribution in [0.3, 0.4) is 0 Å². The lowest BCUT2D eigenvalue weighted by molar-refractivity contribution is -0.139. The van der Waals surface area contributed by atoms with Crippen LogP contribution in [0, 0.1) is 11.3 Å². The van der Waals surface area contributed by atoms with Gasteiger partial charge in [0.2, 0.25) is 0 Å². The first-order valence-electron chi connectivity index (χ1n) is 3.94. The van der Waals surface area contributed by atoms with Gasteiger partial charge in [-0.25, -0.2) is 4.79 Å². The lowest BCUT2D eigenvalue weighted by Crippen LogP contribution is -2.08. The standard InChI is InChI=1S/C6H10O3.C4H5N/c1-5(2)6(8)9-4-3-7;1-4(2)3-5/h7H,1,3-4H2,2H3;1H2,2H3. The molecule has 1 N–H and O–H groups in total. The van der Waals surface area contributed by atoms with Crippen LogP contribution in [0.2, 0.25) is 0 Å². The molecule has 0 rings (SSSR count). The van der Waals surface area contributed by atoms with E-state index >= 15 is 0 Å². The summed E-state index contributed by atoms with van der Waals surface area (Å²) >= 11 is 0. The fraction of sp³-hybridized carbons (Fsp3) is 0.400. The van der Waals surface area contributed by atoms with E-state index in [1.54, 1.807) is 13.8 Å². The molecule has 0 aromatic carbocycles. The second-order valence-corrected chi connectivity index (χ2v) is 2.53. The predicted molar refractivity (Wildman–Crippen MR) is 53.3 cm³/mol. The van der Waals surface area contributed by atoms with Crippen LogP contribution in [0.15, 0.2) is 24.3 Å². The molecule has 4 heteroatoms. The largest absolute Gasteiger partial charge is 0.460 e. The third-order valence-corrected chi connectivity index (χ3v) is 0.864. The fourth-order valence-electron chi connectivity index (χ4n) is 0.262. The minimum atomic E-state index is -0.455. The van der Waals surface area contributed by atoms with E-state index in [1.165, 1.54) is 0 Å². The number of esters is 1. The first-order chi connectivity index (χ1) is 6.45. The molecule has 0 radical (unpaired) electrons. The maximum atomic E-state index is 10.5. The molecule has 0 amide bonds. The number of nitrogens with zero attached hydrogens (tertiary/aromatic N) is 1. The number of hydrogen-bond donors (Lipinski definition) is 1. The summed E-state index contributed by atoms with van der Waals surface area (Å²) in [6.07, 6.45) is 0. The van der Waals surface area contributed by atoms with Crippen LogP contribution < -0.4 is 0 Å². The van der Waals surface area contributed by atoms with Crippen molar-refractivity contribution in [1.82, 2.24) is 0 Å². The van der Waals surface area contributed by atoms with Crippen molar-refractivity contribution in [1.29, 1.82) is 5.26 Å². The van der Waals surface area contributed by atoms with Crippen molar-refractivity contribution < 1.29 is 14.6 Å². The number of carbonyl (C=O) groups is 1. The van der Waals surface area contributed by atoms with Gasteiger partial charge in [-0.2, -0.15) is 5.26 Å². The van der Waals surface area contributed by atoms with Gasteiger partial charge < -0.3 is 9.84 Å². The van der Waals surface area contributed by atoms with Gasteiger partial charge in [-0.15, -0.1) is 0 Å². The van der Waals surface area contributed by atoms with Gasteiger partial charge >= 0.3 is 5.97 Å². The molecule has 0 fully saturated rings. The maximum Gasteiger partial charge on any atom is 0.333 e. The molecular formula is C10H15NO3. The van der Waals surface area contributed by atoms with Gasteiger partial charge in [0, 0.05) is 11.1 Å². The second-order valence-electron chi connectivity index (χ2n) is 2.53. The van der Waals surface area contributed by atoms with Crippen molar-refractivity contribution in [3.8, 4) is 6.07 Å². The quantitative estimate of drug-likeness (QED) is 0.419. The molecule has 0 aromatic heterocycles. The van der Waals surface area contributed by atoms with Crippen LogP contribution in [0.25, 0.3) is 0 Å². The summed E-state index contributed by atoms with van der Waals surface area (Å²) < 4.78 is 4.46. The average Bonchev–Trinajstić information content (AvgIpc) is 2.14. The van der Waals surface area contributed by atoms with Crippen LogP contribution in [0.1, 0.15) is 13.8 Å². The minimum absolute atomic E-state index is 0.0473. The summed E-state index contributed by atoms with van der Waals surface area (Å²) in [5.74, 6) is -0.455. The van der Waals surface area contributed by atoms with Crippen molar-refractivity contribution >= 4 is 5.97 Å². The number of aliphatic hydroxyl groups is 1. The highest BCUT2D eigenvalue weighted by molar-refractivity contribution is 5.86. The molecule has 0 unspecified atom stereocenters. The Morgan fingerprint density at radius 3 is 2.14 bits per heavy atom. The van der Waals surface area contributed by atoms with Gasteiger partial charge in [-0.3, -0.25) is 0 Å². The second kappa shape index (κ2) is 9.49. The van der Waals surface area contributed by atoms with E-state index in [2.05, 4.69) is 17.9 Å². The zero-order valence-electron chi connectivity index (χ0n) is 8.54. The highest BCUT2D eigenvalue weighted by Gasteiger charge is 1.99. The lowest BCUT2D eigenvalue weighted by atomic mass is 10.4. The number of allylic oxidation sites excluding steroid dienone is 1. The van der Waals surface area contributed by atoms with E-state index in [-0.39, 0.29) is 13.2 Å². The zero-order valence-corrected chi connectivity index (χ0v) is 8.54.